The molecule has 0 fully saturated rings. The van der Waals surface area contributed by atoms with E-state index >= 15 is 0 Å². The molecule has 0 aliphatic heterocycles. The van der Waals surface area contributed by atoms with E-state index in [2.05, 4.69) is 25.0 Å². The van der Waals surface area contributed by atoms with E-state index in [0.717, 1.165) is 28.2 Å². The van der Waals surface area contributed by atoms with Gasteiger partial charge in [0, 0.05) is 11.3 Å². The summed E-state index contributed by atoms with van der Waals surface area (Å²) in [7, 11) is 0. The number of rotatable bonds is 3. The number of aliphatic carboxylic acids is 1. The molecule has 0 aliphatic rings. The van der Waals surface area contributed by atoms with Crippen molar-refractivity contribution in [2.45, 2.75) is 34.1 Å². The van der Waals surface area contributed by atoms with Crippen LogP contribution in [0.1, 0.15) is 28.1 Å². The summed E-state index contributed by atoms with van der Waals surface area (Å²) in [5.41, 5.74) is 5.85. The number of benzene rings is 1. The minimum atomic E-state index is -0.827. The van der Waals surface area contributed by atoms with Crippen molar-refractivity contribution in [2.75, 3.05) is 0 Å². The summed E-state index contributed by atoms with van der Waals surface area (Å²) in [6.07, 6.45) is 0.0164. The Morgan fingerprint density at radius 2 is 1.95 bits per heavy atom. The van der Waals surface area contributed by atoms with Crippen LogP contribution in [0.4, 0.5) is 0 Å². The number of aryl methyl sites for hydroxylation is 2. The van der Waals surface area contributed by atoms with Crippen LogP contribution in [0, 0.1) is 27.7 Å². The molecule has 0 atom stereocenters. The predicted octanol–water partition coefficient (Wildman–Crippen LogP) is 2.73. The average molecular weight is 258 g/mol. The Labute approximate surface area is 112 Å². The monoisotopic (exact) mass is 258 g/mol. The predicted molar refractivity (Wildman–Crippen MR) is 73.9 cm³/mol. The first-order chi connectivity index (χ1) is 8.91. The highest BCUT2D eigenvalue weighted by atomic mass is 16.4. The molecular weight excluding hydrogens is 240 g/mol. The van der Waals surface area contributed by atoms with Gasteiger partial charge in [-0.3, -0.25) is 4.79 Å². The van der Waals surface area contributed by atoms with Gasteiger partial charge in [0.15, 0.2) is 0 Å². The third kappa shape index (κ3) is 2.38. The Bertz CT molecular complexity index is 642. The number of hydrogen-bond donors (Lipinski definition) is 1. The molecule has 0 amide bonds. The van der Waals surface area contributed by atoms with Gasteiger partial charge in [-0.05, 0) is 44.9 Å². The normalized spacial score (nSPS) is 10.7. The van der Waals surface area contributed by atoms with Gasteiger partial charge in [0.1, 0.15) is 0 Å². The smallest absolute Gasteiger partial charge is 0.307 e. The van der Waals surface area contributed by atoms with Crippen LogP contribution in [0.25, 0.3) is 5.69 Å². The molecule has 0 spiro atoms. The number of nitrogens with zero attached hydrogens (tertiary/aromatic N) is 2. The molecule has 0 unspecified atom stereocenters. The molecule has 1 aromatic heterocycles. The molecule has 1 aromatic carbocycles. The second-order valence-electron chi connectivity index (χ2n) is 4.85. The van der Waals surface area contributed by atoms with Gasteiger partial charge in [-0.25, -0.2) is 4.68 Å². The largest absolute Gasteiger partial charge is 0.481 e. The van der Waals surface area contributed by atoms with Crippen molar-refractivity contribution in [1.29, 1.82) is 0 Å². The topological polar surface area (TPSA) is 55.1 Å². The van der Waals surface area contributed by atoms with Crippen LogP contribution in [0.3, 0.4) is 0 Å². The molecular formula is C15H18N2O2. The summed E-state index contributed by atoms with van der Waals surface area (Å²) in [5, 5.41) is 13.4. The molecule has 100 valence electrons. The van der Waals surface area contributed by atoms with E-state index in [-0.39, 0.29) is 6.42 Å². The van der Waals surface area contributed by atoms with Crippen LogP contribution < -0.4 is 0 Å². The summed E-state index contributed by atoms with van der Waals surface area (Å²) in [6.45, 7) is 7.88. The zero-order chi connectivity index (χ0) is 14.2. The first-order valence-electron chi connectivity index (χ1n) is 6.25. The fourth-order valence-corrected chi connectivity index (χ4v) is 2.28. The maximum Gasteiger partial charge on any atom is 0.307 e. The minimum absolute atomic E-state index is 0.0164. The first-order valence-corrected chi connectivity index (χ1v) is 6.25. The zero-order valence-electron chi connectivity index (χ0n) is 11.7. The molecule has 4 heteroatoms. The van der Waals surface area contributed by atoms with Gasteiger partial charge < -0.3 is 5.11 Å². The Morgan fingerprint density at radius 3 is 2.58 bits per heavy atom. The Balaban J connectivity index is 2.58. The van der Waals surface area contributed by atoms with Crippen LogP contribution in [-0.2, 0) is 11.2 Å². The molecule has 4 nitrogen and oxygen atoms in total. The van der Waals surface area contributed by atoms with E-state index in [0.29, 0.717) is 0 Å². The van der Waals surface area contributed by atoms with Crippen LogP contribution in [0.2, 0.25) is 0 Å². The van der Waals surface area contributed by atoms with Crippen molar-refractivity contribution in [3.8, 4) is 5.69 Å². The molecule has 0 saturated heterocycles. The lowest BCUT2D eigenvalue weighted by Gasteiger charge is -2.10. The fraction of sp³-hybridized carbons (Fsp3) is 0.333. The van der Waals surface area contributed by atoms with Crippen molar-refractivity contribution in [3.05, 3.63) is 46.3 Å². The van der Waals surface area contributed by atoms with E-state index < -0.39 is 5.97 Å². The highest BCUT2D eigenvalue weighted by molar-refractivity contribution is 5.71. The van der Waals surface area contributed by atoms with Crippen LogP contribution >= 0.6 is 0 Å². The second kappa shape index (κ2) is 4.88. The van der Waals surface area contributed by atoms with E-state index in [1.54, 1.807) is 0 Å². The summed E-state index contributed by atoms with van der Waals surface area (Å²) in [4.78, 5) is 10.9. The number of carboxylic acids is 1. The first kappa shape index (κ1) is 13.3. The highest BCUT2D eigenvalue weighted by Gasteiger charge is 2.16. The summed E-state index contributed by atoms with van der Waals surface area (Å²) < 4.78 is 1.84. The van der Waals surface area contributed by atoms with E-state index in [4.69, 9.17) is 5.11 Å². The summed E-state index contributed by atoms with van der Waals surface area (Å²) in [6, 6.07) is 6.06. The molecule has 0 radical (unpaired) electrons. The SMILES string of the molecule is Cc1cccc(-n2nc(C)c(CC(=O)O)c2C)c1C. The molecule has 1 heterocycles. The van der Waals surface area contributed by atoms with Crippen LogP contribution in [0.15, 0.2) is 18.2 Å². The Kier molecular flexibility index (Phi) is 3.42. The van der Waals surface area contributed by atoms with Gasteiger partial charge in [-0.2, -0.15) is 5.10 Å². The van der Waals surface area contributed by atoms with Crippen molar-refractivity contribution in [1.82, 2.24) is 9.78 Å². The van der Waals surface area contributed by atoms with Crippen molar-refractivity contribution in [3.63, 3.8) is 0 Å². The average Bonchev–Trinajstić information content (AvgIpc) is 2.60. The maximum absolute atomic E-state index is 10.9. The van der Waals surface area contributed by atoms with Gasteiger partial charge in [0.25, 0.3) is 0 Å². The third-order valence-electron chi connectivity index (χ3n) is 3.57. The number of carbonyl (C=O) groups is 1. The lowest BCUT2D eigenvalue weighted by atomic mass is 10.1. The van der Waals surface area contributed by atoms with Crippen LogP contribution in [0.5, 0.6) is 0 Å². The highest BCUT2D eigenvalue weighted by Crippen LogP contribution is 2.22. The molecule has 2 rings (SSSR count). The lowest BCUT2D eigenvalue weighted by Crippen LogP contribution is -2.05. The third-order valence-corrected chi connectivity index (χ3v) is 3.57. The minimum Gasteiger partial charge on any atom is -0.481 e. The van der Waals surface area contributed by atoms with Gasteiger partial charge in [-0.1, -0.05) is 12.1 Å². The zero-order valence-corrected chi connectivity index (χ0v) is 11.7. The van der Waals surface area contributed by atoms with Gasteiger partial charge in [0.05, 0.1) is 17.8 Å². The summed E-state index contributed by atoms with van der Waals surface area (Å²) in [5.74, 6) is -0.827. The standard InChI is InChI=1S/C15H18N2O2/c1-9-6-5-7-14(10(9)2)17-12(4)13(8-15(18)19)11(3)16-17/h5-7H,8H2,1-4H3,(H,18,19). The molecule has 0 aliphatic carbocycles. The number of hydrogen-bond acceptors (Lipinski definition) is 2. The van der Waals surface area contributed by atoms with Gasteiger partial charge in [-0.15, -0.1) is 0 Å². The van der Waals surface area contributed by atoms with Gasteiger partial charge in [0.2, 0.25) is 0 Å². The Hall–Kier alpha value is -2.10. The molecule has 1 N–H and O–H groups in total. The molecule has 19 heavy (non-hydrogen) atoms. The fourth-order valence-electron chi connectivity index (χ4n) is 2.28. The van der Waals surface area contributed by atoms with Gasteiger partial charge >= 0.3 is 5.97 Å². The van der Waals surface area contributed by atoms with Crippen LogP contribution in [-0.4, -0.2) is 20.9 Å². The van der Waals surface area contributed by atoms with Crippen molar-refractivity contribution < 1.29 is 9.90 Å². The summed E-state index contributed by atoms with van der Waals surface area (Å²) >= 11 is 0. The van der Waals surface area contributed by atoms with Crippen molar-refractivity contribution in [2.24, 2.45) is 0 Å². The molecule has 2 aromatic rings. The van der Waals surface area contributed by atoms with E-state index in [9.17, 15) is 4.79 Å². The number of carboxylic acid groups (broad SMARTS) is 1. The number of aromatic nitrogens is 2. The van der Waals surface area contributed by atoms with E-state index in [1.165, 1.54) is 5.56 Å². The van der Waals surface area contributed by atoms with E-state index in [1.807, 2.05) is 30.7 Å². The quantitative estimate of drug-likeness (QED) is 0.921. The second-order valence-corrected chi connectivity index (χ2v) is 4.85. The maximum atomic E-state index is 10.9. The lowest BCUT2D eigenvalue weighted by molar-refractivity contribution is -0.136. The molecule has 0 bridgehead atoms. The molecule has 0 saturated carbocycles. The Morgan fingerprint density at radius 1 is 1.26 bits per heavy atom. The van der Waals surface area contributed by atoms with Crippen molar-refractivity contribution >= 4 is 5.97 Å².